The Morgan fingerprint density at radius 2 is 2.10 bits per heavy atom. The van der Waals surface area contributed by atoms with E-state index in [-0.39, 0.29) is 0 Å². The predicted molar refractivity (Wildman–Crippen MR) is 81.3 cm³/mol. The molecule has 0 aromatic heterocycles. The van der Waals surface area contributed by atoms with Crippen LogP contribution < -0.4 is 4.74 Å². The lowest BCUT2D eigenvalue weighted by molar-refractivity contribution is 0.0182. The fourth-order valence-electron chi connectivity index (χ4n) is 5.17. The molecule has 1 saturated heterocycles. The maximum absolute atomic E-state index is 5.46. The van der Waals surface area contributed by atoms with Crippen molar-refractivity contribution >= 4 is 0 Å². The van der Waals surface area contributed by atoms with Crippen LogP contribution in [0.25, 0.3) is 0 Å². The van der Waals surface area contributed by atoms with Crippen LogP contribution >= 0.6 is 0 Å². The molecular formula is C18H25NO. The first kappa shape index (κ1) is 12.7. The highest BCUT2D eigenvalue weighted by atomic mass is 16.5. The van der Waals surface area contributed by atoms with Crippen molar-refractivity contribution in [2.24, 2.45) is 11.8 Å². The van der Waals surface area contributed by atoms with Gasteiger partial charge in [-0.05, 0) is 73.9 Å². The molecule has 4 atom stereocenters. The Balaban J connectivity index is 1.78. The largest absolute Gasteiger partial charge is 0.497 e. The third kappa shape index (κ3) is 1.81. The quantitative estimate of drug-likeness (QED) is 0.775. The minimum absolute atomic E-state index is 0.778. The van der Waals surface area contributed by atoms with Crippen LogP contribution in [0, 0.1) is 11.8 Å². The number of piperidine rings is 1. The van der Waals surface area contributed by atoms with Crippen molar-refractivity contribution in [1.82, 2.24) is 4.90 Å². The third-order valence-electron chi connectivity index (χ3n) is 6.14. The second-order valence-corrected chi connectivity index (χ2v) is 6.98. The highest BCUT2D eigenvalue weighted by Gasteiger charge is 2.46. The van der Waals surface area contributed by atoms with Crippen LogP contribution in [0.1, 0.15) is 42.7 Å². The molecule has 2 nitrogen and oxygen atoms in total. The van der Waals surface area contributed by atoms with Crippen molar-refractivity contribution < 1.29 is 4.74 Å². The van der Waals surface area contributed by atoms with Crippen LogP contribution in [-0.4, -0.2) is 31.6 Å². The van der Waals surface area contributed by atoms with Crippen LogP contribution in [0.5, 0.6) is 5.75 Å². The molecule has 2 fully saturated rings. The Hall–Kier alpha value is -1.02. The molecule has 0 amide bonds. The lowest BCUT2D eigenvalue weighted by Crippen LogP contribution is -2.53. The van der Waals surface area contributed by atoms with Crippen LogP contribution in [0.15, 0.2) is 18.2 Å². The van der Waals surface area contributed by atoms with E-state index in [1.165, 1.54) is 38.6 Å². The number of likely N-dealkylation sites (tertiary alicyclic amines) is 1. The molecule has 108 valence electrons. The van der Waals surface area contributed by atoms with Gasteiger partial charge in [-0.3, -0.25) is 0 Å². The maximum Gasteiger partial charge on any atom is 0.119 e. The fourth-order valence-corrected chi connectivity index (χ4v) is 5.17. The van der Waals surface area contributed by atoms with Crippen molar-refractivity contribution in [3.63, 3.8) is 0 Å². The second kappa shape index (κ2) is 4.77. The van der Waals surface area contributed by atoms with Gasteiger partial charge in [-0.25, -0.2) is 0 Å². The Bertz CT molecular complexity index is 512. The summed E-state index contributed by atoms with van der Waals surface area (Å²) in [6.45, 7) is 1.30. The number of likely N-dealkylation sites (N-methyl/N-ethyl adjacent to an activating group) is 1. The molecule has 1 aliphatic heterocycles. The van der Waals surface area contributed by atoms with Gasteiger partial charge in [0.1, 0.15) is 5.75 Å². The maximum atomic E-state index is 5.46. The van der Waals surface area contributed by atoms with Crippen molar-refractivity contribution in [3.8, 4) is 5.75 Å². The average Bonchev–Trinajstić information content (AvgIpc) is 2.50. The Kier molecular flexibility index (Phi) is 3.03. The lowest BCUT2D eigenvalue weighted by Gasteiger charge is -2.53. The highest BCUT2D eigenvalue weighted by molar-refractivity contribution is 5.41. The highest BCUT2D eigenvalue weighted by Crippen LogP contribution is 2.52. The van der Waals surface area contributed by atoms with Crippen LogP contribution in [0.3, 0.4) is 0 Å². The van der Waals surface area contributed by atoms with Gasteiger partial charge in [-0.2, -0.15) is 0 Å². The molecule has 0 radical (unpaired) electrons. The molecule has 4 rings (SSSR count). The molecule has 20 heavy (non-hydrogen) atoms. The number of nitrogens with zero attached hydrogens (tertiary/aromatic N) is 1. The summed E-state index contributed by atoms with van der Waals surface area (Å²) < 4.78 is 5.46. The summed E-state index contributed by atoms with van der Waals surface area (Å²) >= 11 is 0. The van der Waals surface area contributed by atoms with E-state index in [9.17, 15) is 0 Å². The first-order valence-corrected chi connectivity index (χ1v) is 8.15. The Morgan fingerprint density at radius 3 is 2.95 bits per heavy atom. The van der Waals surface area contributed by atoms with Crippen molar-refractivity contribution in [2.75, 3.05) is 20.7 Å². The minimum Gasteiger partial charge on any atom is -0.497 e. The van der Waals surface area contributed by atoms with E-state index in [1.807, 2.05) is 0 Å². The van der Waals surface area contributed by atoms with Gasteiger partial charge < -0.3 is 9.64 Å². The van der Waals surface area contributed by atoms with Crippen molar-refractivity contribution in [1.29, 1.82) is 0 Å². The van der Waals surface area contributed by atoms with Gasteiger partial charge in [0.25, 0.3) is 0 Å². The van der Waals surface area contributed by atoms with E-state index in [2.05, 4.69) is 30.1 Å². The van der Waals surface area contributed by atoms with Gasteiger partial charge in [0, 0.05) is 6.04 Å². The number of ether oxygens (including phenoxy) is 1. The fraction of sp³-hybridized carbons (Fsp3) is 0.667. The van der Waals surface area contributed by atoms with Gasteiger partial charge in [-0.1, -0.05) is 18.9 Å². The molecule has 1 aromatic rings. The SMILES string of the molecule is COc1ccc2c(c1)[C@H]1CCC[C@H]3CCN(C)[C@@H](C2)[C@H]31. The van der Waals surface area contributed by atoms with Crippen LogP contribution in [0.2, 0.25) is 0 Å². The average molecular weight is 271 g/mol. The molecule has 1 saturated carbocycles. The summed E-state index contributed by atoms with van der Waals surface area (Å²) in [6, 6.07) is 7.56. The second-order valence-electron chi connectivity index (χ2n) is 6.98. The molecule has 2 aliphatic carbocycles. The lowest BCUT2D eigenvalue weighted by atomic mass is 9.59. The van der Waals surface area contributed by atoms with E-state index in [0.29, 0.717) is 0 Å². The number of hydrogen-bond acceptors (Lipinski definition) is 2. The molecule has 0 bridgehead atoms. The number of hydrogen-bond donors (Lipinski definition) is 0. The summed E-state index contributed by atoms with van der Waals surface area (Å²) in [5.41, 5.74) is 3.18. The first-order valence-electron chi connectivity index (χ1n) is 8.15. The zero-order valence-electron chi connectivity index (χ0n) is 12.6. The molecular weight excluding hydrogens is 246 g/mol. The van der Waals surface area contributed by atoms with E-state index in [0.717, 1.165) is 29.5 Å². The molecule has 0 spiro atoms. The molecule has 2 heteroatoms. The number of benzene rings is 1. The molecule has 0 N–H and O–H groups in total. The molecule has 3 aliphatic rings. The zero-order chi connectivity index (χ0) is 13.7. The van der Waals surface area contributed by atoms with Gasteiger partial charge in [0.15, 0.2) is 0 Å². The first-order chi connectivity index (χ1) is 9.78. The van der Waals surface area contributed by atoms with Crippen molar-refractivity contribution in [3.05, 3.63) is 29.3 Å². The Labute approximate surface area is 122 Å². The molecule has 1 aromatic carbocycles. The third-order valence-corrected chi connectivity index (χ3v) is 6.14. The summed E-state index contributed by atoms with van der Waals surface area (Å²) in [4.78, 5) is 2.63. The number of methoxy groups -OCH3 is 1. The summed E-state index contributed by atoms with van der Waals surface area (Å²) in [7, 11) is 4.12. The summed E-state index contributed by atoms with van der Waals surface area (Å²) in [6.07, 6.45) is 6.91. The van der Waals surface area contributed by atoms with Gasteiger partial charge >= 0.3 is 0 Å². The normalized spacial score (nSPS) is 36.1. The number of rotatable bonds is 1. The van der Waals surface area contributed by atoms with Crippen LogP contribution in [-0.2, 0) is 6.42 Å². The van der Waals surface area contributed by atoms with Crippen molar-refractivity contribution in [2.45, 2.75) is 44.1 Å². The number of fused-ring (bicyclic) bond motifs is 2. The van der Waals surface area contributed by atoms with E-state index in [4.69, 9.17) is 4.74 Å². The van der Waals surface area contributed by atoms with E-state index in [1.54, 1.807) is 18.2 Å². The summed E-state index contributed by atoms with van der Waals surface area (Å²) in [5, 5.41) is 0. The topological polar surface area (TPSA) is 12.5 Å². The zero-order valence-corrected chi connectivity index (χ0v) is 12.6. The minimum atomic E-state index is 0.778. The predicted octanol–water partition coefficient (Wildman–Crippen LogP) is 3.46. The standard InChI is InChI=1S/C18H25NO/c1-19-9-8-12-4-3-5-15-16-11-14(20-2)7-6-13(16)10-17(19)18(12)15/h6-7,11-12,15,17-18H,3-5,8-10H2,1-2H3/t12-,15+,17-,18+/m0/s1. The van der Waals surface area contributed by atoms with Gasteiger partial charge in [-0.15, -0.1) is 0 Å². The molecule has 0 unspecified atom stereocenters. The van der Waals surface area contributed by atoms with Gasteiger partial charge in [0.05, 0.1) is 7.11 Å². The van der Waals surface area contributed by atoms with E-state index >= 15 is 0 Å². The monoisotopic (exact) mass is 271 g/mol. The van der Waals surface area contributed by atoms with Crippen LogP contribution in [0.4, 0.5) is 0 Å². The smallest absolute Gasteiger partial charge is 0.119 e. The van der Waals surface area contributed by atoms with E-state index < -0.39 is 0 Å². The summed E-state index contributed by atoms with van der Waals surface area (Å²) in [5.74, 6) is 3.67. The molecule has 1 heterocycles. The van der Waals surface area contributed by atoms with Gasteiger partial charge in [0.2, 0.25) is 0 Å². The Morgan fingerprint density at radius 1 is 1.20 bits per heavy atom.